The summed E-state index contributed by atoms with van der Waals surface area (Å²) in [6.45, 7) is 2.16. The van der Waals surface area contributed by atoms with E-state index in [1.54, 1.807) is 14.0 Å². The van der Waals surface area contributed by atoms with Crippen molar-refractivity contribution >= 4 is 24.3 Å². The van der Waals surface area contributed by atoms with E-state index in [0.717, 1.165) is 0 Å². The smallest absolute Gasteiger partial charge is 0.305 e. The highest BCUT2D eigenvalue weighted by Gasteiger charge is 2.13. The summed E-state index contributed by atoms with van der Waals surface area (Å²) in [6.07, 6.45) is 0.925. The molecular formula is C9H19ClN2O3. The molecule has 0 saturated heterocycles. The molecule has 0 heterocycles. The number of halogens is 1. The van der Waals surface area contributed by atoms with Gasteiger partial charge in [-0.3, -0.25) is 9.59 Å². The highest BCUT2D eigenvalue weighted by atomic mass is 35.5. The van der Waals surface area contributed by atoms with Crippen LogP contribution in [0.25, 0.3) is 0 Å². The van der Waals surface area contributed by atoms with Gasteiger partial charge in [-0.2, -0.15) is 0 Å². The van der Waals surface area contributed by atoms with Gasteiger partial charge in [0.15, 0.2) is 0 Å². The molecule has 5 nitrogen and oxygen atoms in total. The first kappa shape index (κ1) is 16.6. The van der Waals surface area contributed by atoms with E-state index in [1.165, 1.54) is 12.0 Å². The number of esters is 1. The third kappa shape index (κ3) is 7.16. The second-order valence-corrected chi connectivity index (χ2v) is 3.23. The van der Waals surface area contributed by atoms with Crippen LogP contribution in [0, 0.1) is 0 Å². The summed E-state index contributed by atoms with van der Waals surface area (Å²) in [7, 11) is 3.02. The van der Waals surface area contributed by atoms with Gasteiger partial charge in [-0.05, 0) is 13.3 Å². The number of hydrogen-bond donors (Lipinski definition) is 1. The quantitative estimate of drug-likeness (QED) is 0.693. The van der Waals surface area contributed by atoms with E-state index in [2.05, 4.69) is 4.74 Å². The molecule has 0 bridgehead atoms. The standard InChI is InChI=1S/C9H18N2O3.ClH/c1-7(10)9(13)11(2)6-4-5-8(12)14-3;/h7H,4-6,10H2,1-3H3;1H. The number of nitrogens with two attached hydrogens (primary N) is 1. The van der Waals surface area contributed by atoms with Crippen LogP contribution in [-0.4, -0.2) is 43.5 Å². The third-order valence-electron chi connectivity index (χ3n) is 1.87. The van der Waals surface area contributed by atoms with E-state index in [0.29, 0.717) is 19.4 Å². The van der Waals surface area contributed by atoms with Crippen LogP contribution in [0.4, 0.5) is 0 Å². The van der Waals surface area contributed by atoms with Crippen molar-refractivity contribution in [3.63, 3.8) is 0 Å². The lowest BCUT2D eigenvalue weighted by Gasteiger charge is -2.18. The van der Waals surface area contributed by atoms with Crippen LogP contribution in [0.2, 0.25) is 0 Å². The van der Waals surface area contributed by atoms with E-state index in [4.69, 9.17) is 5.73 Å². The molecule has 2 N–H and O–H groups in total. The number of amides is 1. The average molecular weight is 239 g/mol. The Morgan fingerprint density at radius 2 is 2.00 bits per heavy atom. The van der Waals surface area contributed by atoms with Crippen molar-refractivity contribution in [3.8, 4) is 0 Å². The van der Waals surface area contributed by atoms with Gasteiger partial charge < -0.3 is 15.4 Å². The fourth-order valence-corrected chi connectivity index (χ4v) is 1.02. The lowest BCUT2D eigenvalue weighted by atomic mass is 10.2. The Labute approximate surface area is 96.3 Å². The molecule has 0 radical (unpaired) electrons. The Morgan fingerprint density at radius 1 is 1.47 bits per heavy atom. The lowest BCUT2D eigenvalue weighted by molar-refractivity contribution is -0.141. The number of rotatable bonds is 5. The monoisotopic (exact) mass is 238 g/mol. The molecule has 0 aromatic heterocycles. The van der Waals surface area contributed by atoms with E-state index in [1.807, 2.05) is 0 Å². The molecule has 1 amide bonds. The topological polar surface area (TPSA) is 72.6 Å². The van der Waals surface area contributed by atoms with Crippen LogP contribution in [-0.2, 0) is 14.3 Å². The Morgan fingerprint density at radius 3 is 2.40 bits per heavy atom. The maximum atomic E-state index is 11.3. The minimum absolute atomic E-state index is 0. The molecule has 0 aromatic rings. The van der Waals surface area contributed by atoms with E-state index >= 15 is 0 Å². The molecule has 0 saturated carbocycles. The number of hydrogen-bond acceptors (Lipinski definition) is 4. The molecular weight excluding hydrogens is 220 g/mol. The van der Waals surface area contributed by atoms with E-state index in [9.17, 15) is 9.59 Å². The Bertz CT molecular complexity index is 210. The maximum Gasteiger partial charge on any atom is 0.305 e. The molecule has 1 atom stereocenters. The van der Waals surface area contributed by atoms with Crippen LogP contribution < -0.4 is 5.73 Å². The van der Waals surface area contributed by atoms with Crippen molar-refractivity contribution < 1.29 is 14.3 Å². The van der Waals surface area contributed by atoms with Gasteiger partial charge in [-0.15, -0.1) is 12.4 Å². The van der Waals surface area contributed by atoms with E-state index < -0.39 is 6.04 Å². The second-order valence-electron chi connectivity index (χ2n) is 3.23. The molecule has 90 valence electrons. The average Bonchev–Trinajstić information content (AvgIpc) is 2.15. The zero-order valence-electron chi connectivity index (χ0n) is 9.36. The molecule has 6 heteroatoms. The Balaban J connectivity index is 0. The molecule has 0 aromatic carbocycles. The predicted octanol–water partition coefficient (Wildman–Crippen LogP) is 0.167. The molecule has 15 heavy (non-hydrogen) atoms. The highest BCUT2D eigenvalue weighted by Crippen LogP contribution is 1.96. The van der Waals surface area contributed by atoms with Crippen LogP contribution >= 0.6 is 12.4 Å². The van der Waals surface area contributed by atoms with Gasteiger partial charge in [-0.1, -0.05) is 0 Å². The van der Waals surface area contributed by atoms with Gasteiger partial charge in [0.05, 0.1) is 13.2 Å². The minimum atomic E-state index is -0.488. The summed E-state index contributed by atoms with van der Waals surface area (Å²) < 4.78 is 4.47. The minimum Gasteiger partial charge on any atom is -0.469 e. The molecule has 0 aliphatic rings. The van der Waals surface area contributed by atoms with Gasteiger partial charge in [0, 0.05) is 20.0 Å². The summed E-state index contributed by atoms with van der Waals surface area (Å²) in [4.78, 5) is 23.5. The number of nitrogens with zero attached hydrogens (tertiary/aromatic N) is 1. The molecule has 0 spiro atoms. The van der Waals surface area contributed by atoms with Gasteiger partial charge >= 0.3 is 5.97 Å². The fourth-order valence-electron chi connectivity index (χ4n) is 1.02. The maximum absolute atomic E-state index is 11.3. The number of carbonyl (C=O) groups is 2. The summed E-state index contributed by atoms with van der Waals surface area (Å²) in [5, 5.41) is 0. The SMILES string of the molecule is COC(=O)CCCN(C)C(=O)C(C)N.Cl. The van der Waals surface area contributed by atoms with Crippen molar-refractivity contribution in [1.29, 1.82) is 0 Å². The molecule has 0 rings (SSSR count). The van der Waals surface area contributed by atoms with Gasteiger partial charge in [0.25, 0.3) is 0 Å². The Hall–Kier alpha value is -0.810. The third-order valence-corrected chi connectivity index (χ3v) is 1.87. The van der Waals surface area contributed by atoms with Crippen LogP contribution in [0.5, 0.6) is 0 Å². The zero-order valence-corrected chi connectivity index (χ0v) is 10.2. The number of carbonyl (C=O) groups excluding carboxylic acids is 2. The van der Waals surface area contributed by atoms with Crippen molar-refractivity contribution in [2.75, 3.05) is 20.7 Å². The molecule has 0 aliphatic carbocycles. The summed E-state index contributed by atoms with van der Waals surface area (Å²) in [5.41, 5.74) is 5.41. The fraction of sp³-hybridized carbons (Fsp3) is 0.778. The van der Waals surface area contributed by atoms with Crippen LogP contribution in [0.1, 0.15) is 19.8 Å². The largest absolute Gasteiger partial charge is 0.469 e. The first-order valence-electron chi connectivity index (χ1n) is 4.56. The first-order valence-corrected chi connectivity index (χ1v) is 4.56. The van der Waals surface area contributed by atoms with Gasteiger partial charge in [-0.25, -0.2) is 0 Å². The predicted molar refractivity (Wildman–Crippen MR) is 59.8 cm³/mol. The molecule has 0 aliphatic heterocycles. The summed E-state index contributed by atoms with van der Waals surface area (Å²) >= 11 is 0. The van der Waals surface area contributed by atoms with Crippen molar-refractivity contribution in [1.82, 2.24) is 4.90 Å². The van der Waals surface area contributed by atoms with Crippen molar-refractivity contribution in [3.05, 3.63) is 0 Å². The van der Waals surface area contributed by atoms with Gasteiger partial charge in [0.1, 0.15) is 0 Å². The zero-order chi connectivity index (χ0) is 11.1. The normalized spacial score (nSPS) is 11.2. The highest BCUT2D eigenvalue weighted by molar-refractivity contribution is 5.85. The number of ether oxygens (including phenoxy) is 1. The number of likely N-dealkylation sites (N-methyl/N-ethyl adjacent to an activating group) is 1. The molecule has 1 unspecified atom stereocenters. The molecule has 0 fully saturated rings. The van der Waals surface area contributed by atoms with E-state index in [-0.39, 0.29) is 24.3 Å². The summed E-state index contributed by atoms with van der Waals surface area (Å²) in [5.74, 6) is -0.374. The lowest BCUT2D eigenvalue weighted by Crippen LogP contribution is -2.40. The van der Waals surface area contributed by atoms with Crippen molar-refractivity contribution in [2.24, 2.45) is 5.73 Å². The van der Waals surface area contributed by atoms with Crippen LogP contribution in [0.3, 0.4) is 0 Å². The van der Waals surface area contributed by atoms with Gasteiger partial charge in [0.2, 0.25) is 5.91 Å². The Kier molecular flexibility index (Phi) is 9.41. The summed E-state index contributed by atoms with van der Waals surface area (Å²) in [6, 6.07) is -0.488. The van der Waals surface area contributed by atoms with Crippen molar-refractivity contribution in [2.45, 2.75) is 25.8 Å². The second kappa shape index (κ2) is 8.49. The number of methoxy groups -OCH3 is 1. The van der Waals surface area contributed by atoms with Crippen LogP contribution in [0.15, 0.2) is 0 Å². The first-order chi connectivity index (χ1) is 6.49.